The van der Waals surface area contributed by atoms with Gasteiger partial charge in [-0.2, -0.15) is 0 Å². The summed E-state index contributed by atoms with van der Waals surface area (Å²) in [5.41, 5.74) is 0. The largest absolute Gasteiger partial charge is 0.362 e. The molecule has 0 aromatic rings. The fourth-order valence-electron chi connectivity index (χ4n) is 5.05. The second kappa shape index (κ2) is 6.52. The number of fused-ring (bicyclic) bond motifs is 2. The monoisotopic (exact) mass is 351 g/mol. The zero-order chi connectivity index (χ0) is 16.7. The summed E-state index contributed by atoms with van der Waals surface area (Å²) >= 11 is 1.78. The number of likely N-dealkylation sites (tertiary alicyclic amines) is 1. The Morgan fingerprint density at radius 3 is 2.71 bits per heavy atom. The van der Waals surface area contributed by atoms with Crippen molar-refractivity contribution in [1.29, 1.82) is 0 Å². The molecule has 4 rings (SSSR count). The third-order valence-electron chi connectivity index (χ3n) is 6.59. The molecule has 2 saturated carbocycles. The Kier molecular flexibility index (Phi) is 4.54. The summed E-state index contributed by atoms with van der Waals surface area (Å²) in [5, 5.41) is 4.82. The van der Waals surface area contributed by atoms with Crippen molar-refractivity contribution >= 4 is 22.8 Å². The first-order valence-corrected chi connectivity index (χ1v) is 10.2. The van der Waals surface area contributed by atoms with Crippen LogP contribution in [0.2, 0.25) is 0 Å². The molecule has 2 aliphatic carbocycles. The van der Waals surface area contributed by atoms with Crippen LogP contribution in [0, 0.1) is 17.8 Å². The van der Waals surface area contributed by atoms with E-state index in [-0.39, 0.29) is 10.8 Å². The van der Waals surface area contributed by atoms with E-state index >= 15 is 0 Å². The molecule has 134 valence electrons. The summed E-state index contributed by atoms with van der Waals surface area (Å²) < 4.78 is 6.09. The van der Waals surface area contributed by atoms with E-state index in [2.05, 4.69) is 17.2 Å². The third-order valence-corrected chi connectivity index (χ3v) is 7.88. The van der Waals surface area contributed by atoms with E-state index in [0.717, 1.165) is 42.9 Å². The molecule has 0 spiro atoms. The molecule has 2 bridgehead atoms. The molecule has 1 saturated heterocycles. The van der Waals surface area contributed by atoms with Gasteiger partial charge in [-0.3, -0.25) is 4.79 Å². The van der Waals surface area contributed by atoms with Crippen LogP contribution in [0.4, 0.5) is 0 Å². The van der Waals surface area contributed by atoms with Crippen LogP contribution in [0.5, 0.6) is 0 Å². The van der Waals surface area contributed by atoms with Crippen molar-refractivity contribution in [3.63, 3.8) is 0 Å². The van der Waals surface area contributed by atoms with Gasteiger partial charge in [0.05, 0.1) is 0 Å². The molecule has 4 atom stereocenters. The Bertz CT molecular complexity index is 532. The van der Waals surface area contributed by atoms with Crippen molar-refractivity contribution in [1.82, 2.24) is 10.2 Å². The summed E-state index contributed by atoms with van der Waals surface area (Å²) in [6, 6.07) is 0.622. The Morgan fingerprint density at radius 1 is 1.29 bits per heavy atom. The molecule has 1 unspecified atom stereocenters. The summed E-state index contributed by atoms with van der Waals surface area (Å²) in [4.78, 5) is 17.9. The van der Waals surface area contributed by atoms with Gasteiger partial charge in [0.2, 0.25) is 5.91 Å². The number of aliphatic imine (C=N–C) groups is 1. The Hall–Kier alpha value is -0.750. The summed E-state index contributed by atoms with van der Waals surface area (Å²) in [5.74, 6) is 2.47. The first kappa shape index (κ1) is 16.7. The second-order valence-electron chi connectivity index (χ2n) is 8.06. The smallest absolute Gasteiger partial charge is 0.219 e. The molecule has 1 amide bonds. The van der Waals surface area contributed by atoms with E-state index in [1.165, 1.54) is 25.7 Å². The normalized spacial score (nSPS) is 39.8. The lowest BCUT2D eigenvalue weighted by atomic mass is 9.91. The van der Waals surface area contributed by atoms with Crippen LogP contribution in [-0.4, -0.2) is 46.8 Å². The number of carbonyl (C=O) groups excluding carboxylic acids is 1. The van der Waals surface area contributed by atoms with Crippen molar-refractivity contribution in [3.05, 3.63) is 0 Å². The highest BCUT2D eigenvalue weighted by molar-refractivity contribution is 8.14. The minimum atomic E-state index is -0.218. The fraction of sp³-hybridized carbons (Fsp3) is 0.889. The van der Waals surface area contributed by atoms with Gasteiger partial charge < -0.3 is 15.0 Å². The van der Waals surface area contributed by atoms with Crippen LogP contribution < -0.4 is 5.32 Å². The van der Waals surface area contributed by atoms with Crippen molar-refractivity contribution in [2.45, 2.75) is 63.3 Å². The number of amidine groups is 1. The number of piperidine rings is 1. The summed E-state index contributed by atoms with van der Waals surface area (Å²) in [6.07, 6.45) is 7.58. The molecule has 0 aromatic carbocycles. The van der Waals surface area contributed by atoms with E-state index in [1.54, 1.807) is 18.7 Å². The second-order valence-corrected chi connectivity index (χ2v) is 9.46. The lowest BCUT2D eigenvalue weighted by Gasteiger charge is -2.43. The Labute approximate surface area is 149 Å². The van der Waals surface area contributed by atoms with Gasteiger partial charge in [-0.05, 0) is 50.9 Å². The number of amides is 1. The van der Waals surface area contributed by atoms with E-state index in [1.807, 2.05) is 4.90 Å². The van der Waals surface area contributed by atoms with Crippen LogP contribution in [-0.2, 0) is 9.53 Å². The maximum Gasteiger partial charge on any atom is 0.219 e. The van der Waals surface area contributed by atoms with Gasteiger partial charge in [0.25, 0.3) is 0 Å². The maximum absolute atomic E-state index is 11.5. The highest BCUT2D eigenvalue weighted by atomic mass is 32.2. The molecular formula is C18H29N3O2S. The topological polar surface area (TPSA) is 53.9 Å². The molecule has 4 aliphatic rings. The number of nitrogens with one attached hydrogen (secondary N) is 1. The lowest BCUT2D eigenvalue weighted by Crippen LogP contribution is -2.48. The van der Waals surface area contributed by atoms with Gasteiger partial charge in [0.1, 0.15) is 11.7 Å². The van der Waals surface area contributed by atoms with Gasteiger partial charge in [-0.1, -0.05) is 18.2 Å². The number of hydrogen-bond acceptors (Lipinski definition) is 5. The van der Waals surface area contributed by atoms with Crippen LogP contribution in [0.1, 0.15) is 52.4 Å². The average Bonchev–Trinajstić information content (AvgIpc) is 3.18. The van der Waals surface area contributed by atoms with E-state index in [0.29, 0.717) is 18.7 Å². The molecule has 2 heterocycles. The van der Waals surface area contributed by atoms with Crippen molar-refractivity contribution < 1.29 is 9.53 Å². The molecule has 6 heteroatoms. The van der Waals surface area contributed by atoms with E-state index < -0.39 is 0 Å². The summed E-state index contributed by atoms with van der Waals surface area (Å²) in [7, 11) is 0. The van der Waals surface area contributed by atoms with Crippen molar-refractivity contribution in [2.24, 2.45) is 22.7 Å². The zero-order valence-electron chi connectivity index (χ0n) is 14.8. The highest BCUT2D eigenvalue weighted by Crippen LogP contribution is 2.46. The Morgan fingerprint density at radius 2 is 2.08 bits per heavy atom. The number of ether oxygens (including phenoxy) is 1. The molecule has 0 aromatic heterocycles. The quantitative estimate of drug-likeness (QED) is 0.831. The molecule has 2 aliphatic heterocycles. The standard InChI is InChI=1S/C18H29N3O2S/c1-12(22)21-7-5-15(6-8-21)18(2)23-11-19-17(24-18)20-16-10-13-3-4-14(16)9-13/h13-16H,3-11H2,1-2H3,(H,19,20)/t13-,14+,16+,18?/m1/s1. The number of carbonyl (C=O) groups is 1. The number of rotatable bonds is 2. The van der Waals surface area contributed by atoms with Gasteiger partial charge in [-0.25, -0.2) is 4.99 Å². The number of thioether (sulfide) groups is 1. The highest BCUT2D eigenvalue weighted by Gasteiger charge is 2.44. The van der Waals surface area contributed by atoms with Gasteiger partial charge in [0.15, 0.2) is 5.17 Å². The fourth-order valence-corrected chi connectivity index (χ4v) is 6.27. The predicted molar refractivity (Wildman–Crippen MR) is 96.7 cm³/mol. The maximum atomic E-state index is 11.5. The summed E-state index contributed by atoms with van der Waals surface area (Å²) in [6.45, 7) is 6.04. The van der Waals surface area contributed by atoms with Crippen LogP contribution in [0.15, 0.2) is 4.99 Å². The molecule has 3 fully saturated rings. The molecule has 1 N–H and O–H groups in total. The number of hydrogen-bond donors (Lipinski definition) is 1. The number of nitrogens with zero attached hydrogens (tertiary/aromatic N) is 2. The van der Waals surface area contributed by atoms with Crippen LogP contribution >= 0.6 is 11.8 Å². The van der Waals surface area contributed by atoms with Crippen LogP contribution in [0.3, 0.4) is 0 Å². The molecule has 5 nitrogen and oxygen atoms in total. The van der Waals surface area contributed by atoms with Crippen LogP contribution in [0.25, 0.3) is 0 Å². The molecular weight excluding hydrogens is 322 g/mol. The first-order chi connectivity index (χ1) is 11.5. The van der Waals surface area contributed by atoms with Gasteiger partial charge in [0, 0.05) is 32.0 Å². The van der Waals surface area contributed by atoms with Crippen molar-refractivity contribution in [3.8, 4) is 0 Å². The SMILES string of the molecule is CC(=O)N1CCC(C2(C)OCN=C(N[C@H]3C[C@@H]4CC[C@H]3C4)S2)CC1. The zero-order valence-corrected chi connectivity index (χ0v) is 15.6. The predicted octanol–water partition coefficient (Wildman–Crippen LogP) is 2.82. The van der Waals surface area contributed by atoms with E-state index in [9.17, 15) is 4.79 Å². The third kappa shape index (κ3) is 3.19. The van der Waals surface area contributed by atoms with Gasteiger partial charge >= 0.3 is 0 Å². The first-order valence-electron chi connectivity index (χ1n) is 9.43. The minimum absolute atomic E-state index is 0.191. The van der Waals surface area contributed by atoms with E-state index in [4.69, 9.17) is 4.74 Å². The van der Waals surface area contributed by atoms with Gasteiger partial charge in [-0.15, -0.1) is 0 Å². The Balaban J connectivity index is 1.35. The molecule has 24 heavy (non-hydrogen) atoms. The average molecular weight is 352 g/mol. The minimum Gasteiger partial charge on any atom is -0.362 e. The molecule has 0 radical (unpaired) electrons. The van der Waals surface area contributed by atoms with Crippen molar-refractivity contribution in [2.75, 3.05) is 19.8 Å². The lowest BCUT2D eigenvalue weighted by molar-refractivity contribution is -0.131.